The quantitative estimate of drug-likeness (QED) is 0.0611. The summed E-state index contributed by atoms with van der Waals surface area (Å²) in [5.74, 6) is -1.78. The summed E-state index contributed by atoms with van der Waals surface area (Å²) in [4.78, 5) is 52.7. The van der Waals surface area contributed by atoms with Crippen LogP contribution in [-0.4, -0.2) is 35.7 Å². The molecule has 0 saturated carbocycles. The molecule has 0 aliphatic rings. The Labute approximate surface area is 270 Å². The summed E-state index contributed by atoms with van der Waals surface area (Å²) in [6.45, 7) is 1.40. The first kappa shape index (κ1) is 31.6. The molecule has 230 valence electrons. The predicted molar refractivity (Wildman–Crippen MR) is 181 cm³/mol. The standard InChI is InChI=1S/C36H30N4O5S/c1-22(41)23-5-3-6-24(19-23)36(45)40-32-21-29(13-18-33(32)42)39-35(44)26-8-4-7-25(20-26)34(43)38-28-11-16-31(17-12-28)46-30-14-9-27(37-2)10-15-30/h3-21,37,42H,1-2H3,(H,38,43)(H,39,44)(H,40,45). The Morgan fingerprint density at radius 1 is 0.543 bits per heavy atom. The number of Topliss-reactive ketones (excluding diaryl/α,β-unsaturated/α-hetero) is 1. The fourth-order valence-electron chi connectivity index (χ4n) is 4.43. The van der Waals surface area contributed by atoms with Gasteiger partial charge in [0, 0.05) is 56.2 Å². The number of hydrogen-bond acceptors (Lipinski definition) is 7. The number of ketones is 1. The Morgan fingerprint density at radius 2 is 1.00 bits per heavy atom. The fourth-order valence-corrected chi connectivity index (χ4v) is 5.24. The molecular formula is C36H30N4O5S. The molecule has 0 aromatic heterocycles. The molecule has 5 aromatic rings. The van der Waals surface area contributed by atoms with Gasteiger partial charge in [0.2, 0.25) is 0 Å². The van der Waals surface area contributed by atoms with Crippen LogP contribution < -0.4 is 21.3 Å². The second-order valence-corrected chi connectivity index (χ2v) is 11.4. The van der Waals surface area contributed by atoms with Crippen molar-refractivity contribution in [1.29, 1.82) is 0 Å². The number of carbonyl (C=O) groups is 4. The molecule has 0 unspecified atom stereocenters. The van der Waals surface area contributed by atoms with Crippen molar-refractivity contribution >= 4 is 58.0 Å². The average Bonchev–Trinajstić information content (AvgIpc) is 3.07. The first-order valence-corrected chi connectivity index (χ1v) is 15.0. The van der Waals surface area contributed by atoms with Gasteiger partial charge >= 0.3 is 0 Å². The van der Waals surface area contributed by atoms with Crippen LogP contribution in [0.4, 0.5) is 22.7 Å². The molecular weight excluding hydrogens is 600 g/mol. The number of nitrogens with one attached hydrogen (secondary N) is 4. The topological polar surface area (TPSA) is 137 Å². The lowest BCUT2D eigenvalue weighted by atomic mass is 10.1. The molecule has 5 N–H and O–H groups in total. The first-order chi connectivity index (χ1) is 22.2. The van der Waals surface area contributed by atoms with Gasteiger partial charge in [0.1, 0.15) is 5.75 Å². The Bertz CT molecular complexity index is 1920. The zero-order valence-corrected chi connectivity index (χ0v) is 25.8. The summed E-state index contributed by atoms with van der Waals surface area (Å²) in [5, 5.41) is 21.6. The summed E-state index contributed by atoms with van der Waals surface area (Å²) >= 11 is 1.61. The first-order valence-electron chi connectivity index (χ1n) is 14.2. The van der Waals surface area contributed by atoms with Crippen LogP contribution >= 0.6 is 11.8 Å². The molecule has 0 spiro atoms. The molecule has 0 aliphatic carbocycles. The molecule has 5 rings (SSSR count). The minimum atomic E-state index is -0.534. The van der Waals surface area contributed by atoms with Crippen LogP contribution in [0, 0.1) is 0 Å². The van der Waals surface area contributed by atoms with E-state index in [-0.39, 0.29) is 34.3 Å². The van der Waals surface area contributed by atoms with E-state index in [4.69, 9.17) is 0 Å². The molecule has 0 aliphatic heterocycles. The van der Waals surface area contributed by atoms with Gasteiger partial charge in [-0.1, -0.05) is 30.0 Å². The van der Waals surface area contributed by atoms with Gasteiger partial charge in [-0.25, -0.2) is 0 Å². The fraction of sp³-hybridized carbons (Fsp3) is 0.0556. The largest absolute Gasteiger partial charge is 0.506 e. The van der Waals surface area contributed by atoms with E-state index in [2.05, 4.69) is 21.3 Å². The van der Waals surface area contributed by atoms with Crippen LogP contribution in [0.25, 0.3) is 0 Å². The van der Waals surface area contributed by atoms with Crippen LogP contribution in [0.3, 0.4) is 0 Å². The maximum absolute atomic E-state index is 13.1. The number of hydrogen-bond donors (Lipinski definition) is 5. The van der Waals surface area contributed by atoms with Crippen molar-refractivity contribution < 1.29 is 24.3 Å². The Kier molecular flexibility index (Phi) is 9.79. The molecule has 10 heteroatoms. The van der Waals surface area contributed by atoms with Crippen molar-refractivity contribution in [3.8, 4) is 5.75 Å². The van der Waals surface area contributed by atoms with Gasteiger partial charge < -0.3 is 26.4 Å². The van der Waals surface area contributed by atoms with Crippen LogP contribution in [0.1, 0.15) is 48.4 Å². The van der Waals surface area contributed by atoms with E-state index in [1.807, 2.05) is 55.6 Å². The Morgan fingerprint density at radius 3 is 1.54 bits per heavy atom. The SMILES string of the molecule is CNc1ccc(Sc2ccc(NC(=O)c3cccc(C(=O)Nc4ccc(O)c(NC(=O)c5cccc(C(C)=O)c5)c4)c3)cc2)cc1. The van der Waals surface area contributed by atoms with Gasteiger partial charge in [0.25, 0.3) is 17.7 Å². The third-order valence-electron chi connectivity index (χ3n) is 6.91. The van der Waals surface area contributed by atoms with E-state index < -0.39 is 11.8 Å². The number of benzene rings is 5. The Balaban J connectivity index is 1.21. The second-order valence-electron chi connectivity index (χ2n) is 10.2. The highest BCUT2D eigenvalue weighted by atomic mass is 32.2. The van der Waals surface area contributed by atoms with Gasteiger partial charge in [-0.2, -0.15) is 0 Å². The number of amides is 3. The summed E-state index contributed by atoms with van der Waals surface area (Å²) in [7, 11) is 1.87. The van der Waals surface area contributed by atoms with Gasteiger partial charge in [-0.05, 0) is 104 Å². The third-order valence-corrected chi connectivity index (χ3v) is 7.93. The maximum Gasteiger partial charge on any atom is 0.255 e. The van der Waals surface area contributed by atoms with E-state index in [9.17, 15) is 24.3 Å². The zero-order chi connectivity index (χ0) is 32.6. The van der Waals surface area contributed by atoms with Gasteiger partial charge in [-0.3, -0.25) is 19.2 Å². The summed E-state index contributed by atoms with van der Waals surface area (Å²) in [6.07, 6.45) is 0. The van der Waals surface area contributed by atoms with Gasteiger partial charge in [-0.15, -0.1) is 0 Å². The summed E-state index contributed by atoms with van der Waals surface area (Å²) in [5.41, 5.74) is 3.18. The van der Waals surface area contributed by atoms with E-state index in [0.717, 1.165) is 15.5 Å². The number of rotatable bonds is 10. The van der Waals surface area contributed by atoms with Crippen molar-refractivity contribution in [3.63, 3.8) is 0 Å². The lowest BCUT2D eigenvalue weighted by molar-refractivity contribution is 0.100. The van der Waals surface area contributed by atoms with E-state index in [0.29, 0.717) is 22.5 Å². The summed E-state index contributed by atoms with van der Waals surface area (Å²) in [6, 6.07) is 32.3. The molecule has 0 fully saturated rings. The monoisotopic (exact) mass is 630 g/mol. The van der Waals surface area contributed by atoms with Crippen molar-refractivity contribution in [2.75, 3.05) is 28.3 Å². The predicted octanol–water partition coefficient (Wildman–Crippen LogP) is 7.54. The van der Waals surface area contributed by atoms with E-state index >= 15 is 0 Å². The molecule has 46 heavy (non-hydrogen) atoms. The lowest BCUT2D eigenvalue weighted by Crippen LogP contribution is -2.16. The second kappa shape index (κ2) is 14.3. The molecule has 0 radical (unpaired) electrons. The van der Waals surface area contributed by atoms with Crippen molar-refractivity contribution in [3.05, 3.63) is 138 Å². The average molecular weight is 631 g/mol. The molecule has 0 heterocycles. The maximum atomic E-state index is 13.1. The zero-order valence-electron chi connectivity index (χ0n) is 25.0. The van der Waals surface area contributed by atoms with Crippen molar-refractivity contribution in [1.82, 2.24) is 0 Å². The van der Waals surface area contributed by atoms with Crippen molar-refractivity contribution in [2.45, 2.75) is 16.7 Å². The highest BCUT2D eigenvalue weighted by Crippen LogP contribution is 2.30. The van der Waals surface area contributed by atoms with Gasteiger partial charge in [0.05, 0.1) is 5.69 Å². The van der Waals surface area contributed by atoms with E-state index in [1.165, 1.54) is 37.3 Å². The molecule has 0 bridgehead atoms. The van der Waals surface area contributed by atoms with Gasteiger partial charge in [0.15, 0.2) is 5.78 Å². The minimum Gasteiger partial charge on any atom is -0.506 e. The summed E-state index contributed by atoms with van der Waals surface area (Å²) < 4.78 is 0. The Hall–Kier alpha value is -5.87. The highest BCUT2D eigenvalue weighted by molar-refractivity contribution is 7.99. The van der Waals surface area contributed by atoms with E-state index in [1.54, 1.807) is 48.2 Å². The number of aromatic hydroxyl groups is 1. The minimum absolute atomic E-state index is 0.0697. The van der Waals surface area contributed by atoms with Crippen LogP contribution in [0.5, 0.6) is 5.75 Å². The molecule has 9 nitrogen and oxygen atoms in total. The van der Waals surface area contributed by atoms with Crippen LogP contribution in [-0.2, 0) is 0 Å². The smallest absolute Gasteiger partial charge is 0.255 e. The molecule has 0 saturated heterocycles. The number of phenolic OH excluding ortho intramolecular Hbond substituents is 1. The molecule has 3 amide bonds. The highest BCUT2D eigenvalue weighted by Gasteiger charge is 2.15. The van der Waals surface area contributed by atoms with Crippen molar-refractivity contribution in [2.24, 2.45) is 0 Å². The molecule has 0 atom stereocenters. The number of carbonyl (C=O) groups excluding carboxylic acids is 4. The number of phenols is 1. The van der Waals surface area contributed by atoms with Crippen LogP contribution in [0.2, 0.25) is 0 Å². The number of anilines is 4. The third kappa shape index (κ3) is 7.99. The van der Waals surface area contributed by atoms with Crippen LogP contribution in [0.15, 0.2) is 125 Å². The molecule has 5 aromatic carbocycles. The lowest BCUT2D eigenvalue weighted by Gasteiger charge is -2.12. The normalized spacial score (nSPS) is 10.5.